The van der Waals surface area contributed by atoms with Gasteiger partial charge in [0.15, 0.2) is 0 Å². The van der Waals surface area contributed by atoms with Gasteiger partial charge < -0.3 is 24.4 Å². The largest absolute Gasteiger partial charge is 0.469 e. The molecule has 1 aromatic carbocycles. The molecule has 11 heteroatoms. The van der Waals surface area contributed by atoms with E-state index in [0.717, 1.165) is 6.07 Å². The van der Waals surface area contributed by atoms with Crippen LogP contribution >= 0.6 is 0 Å². The van der Waals surface area contributed by atoms with E-state index in [1.54, 1.807) is 4.90 Å². The van der Waals surface area contributed by atoms with Gasteiger partial charge in [0, 0.05) is 18.7 Å². The number of halogens is 1. The third-order valence-corrected chi connectivity index (χ3v) is 5.80. The highest BCUT2D eigenvalue weighted by Gasteiger charge is 2.38. The highest BCUT2D eigenvalue weighted by molar-refractivity contribution is 6.02. The van der Waals surface area contributed by atoms with Gasteiger partial charge in [0.2, 0.25) is 11.8 Å². The number of hydrogen-bond acceptors (Lipinski definition) is 7. The first-order chi connectivity index (χ1) is 16.1. The minimum atomic E-state index is -1.38. The van der Waals surface area contributed by atoms with Crippen LogP contribution in [0.2, 0.25) is 0 Å². The van der Waals surface area contributed by atoms with Crippen LogP contribution < -0.4 is 15.0 Å². The van der Waals surface area contributed by atoms with Crippen LogP contribution in [-0.4, -0.2) is 76.5 Å². The minimum absolute atomic E-state index is 0.0137. The molecule has 2 N–H and O–H groups in total. The predicted octanol–water partition coefficient (Wildman–Crippen LogP) is 3.23. The quantitative estimate of drug-likeness (QED) is 0.695. The summed E-state index contributed by atoms with van der Waals surface area (Å²) >= 11 is 0. The van der Waals surface area contributed by atoms with E-state index in [0.29, 0.717) is 44.4 Å². The van der Waals surface area contributed by atoms with Crippen LogP contribution in [0.4, 0.5) is 20.8 Å². The van der Waals surface area contributed by atoms with Gasteiger partial charge in [-0.15, -0.1) is 0 Å². The monoisotopic (exact) mass is 473 g/mol. The lowest BCUT2D eigenvalue weighted by Crippen LogP contribution is -2.44. The Labute approximate surface area is 196 Å². The molecule has 1 fully saturated rings. The average molecular weight is 474 g/mol. The Kier molecular flexibility index (Phi) is 6.30. The fourth-order valence-corrected chi connectivity index (χ4v) is 4.18. The standard InChI is InChI=1S/C23H28FN5O5/c1-5-28-12-23(3,4)34-19-17(20(28)30)18(14-6-7-16(15(24)10-14)25-22(31)32)26-21(27-19)29-8-9-33-11-13(29)2/h6-7,10,13,25H,5,8-9,11-12H2,1-4H3,(H,31,32)/t13-/m0/s1. The van der Waals surface area contributed by atoms with Gasteiger partial charge in [-0.05, 0) is 39.8 Å². The van der Waals surface area contributed by atoms with E-state index < -0.39 is 17.5 Å². The first-order valence-corrected chi connectivity index (χ1v) is 11.1. The molecule has 2 amide bonds. The van der Waals surface area contributed by atoms with Crippen molar-refractivity contribution in [2.45, 2.75) is 39.3 Å². The maximum atomic E-state index is 14.8. The summed E-state index contributed by atoms with van der Waals surface area (Å²) in [4.78, 5) is 37.4. The highest BCUT2D eigenvalue weighted by Crippen LogP contribution is 2.37. The third kappa shape index (κ3) is 4.60. The summed E-state index contributed by atoms with van der Waals surface area (Å²) in [5.41, 5.74) is -0.230. The second-order valence-corrected chi connectivity index (χ2v) is 8.98. The van der Waals surface area contributed by atoms with Crippen LogP contribution in [0.15, 0.2) is 18.2 Å². The number of likely N-dealkylation sites (N-methyl/N-ethyl adjacent to an activating group) is 1. The molecule has 1 atom stereocenters. The lowest BCUT2D eigenvalue weighted by molar-refractivity contribution is 0.0541. The third-order valence-electron chi connectivity index (χ3n) is 5.80. The van der Waals surface area contributed by atoms with E-state index in [9.17, 15) is 14.0 Å². The normalized spacial score (nSPS) is 19.8. The van der Waals surface area contributed by atoms with Crippen molar-refractivity contribution in [3.63, 3.8) is 0 Å². The SMILES string of the molecule is CCN1CC(C)(C)Oc2nc(N3CCOC[C@@H]3C)nc(-c3ccc(NC(=O)O)c(F)c3)c2C1=O. The van der Waals surface area contributed by atoms with Crippen molar-refractivity contribution in [3.05, 3.63) is 29.6 Å². The first kappa shape index (κ1) is 23.7. The van der Waals surface area contributed by atoms with Crippen LogP contribution in [0.3, 0.4) is 0 Å². The van der Waals surface area contributed by atoms with Crippen molar-refractivity contribution in [1.82, 2.24) is 14.9 Å². The van der Waals surface area contributed by atoms with Gasteiger partial charge in [0.1, 0.15) is 17.0 Å². The molecule has 0 aliphatic carbocycles. The molecule has 2 aliphatic rings. The van der Waals surface area contributed by atoms with Crippen LogP contribution in [0.1, 0.15) is 38.1 Å². The van der Waals surface area contributed by atoms with Crippen molar-refractivity contribution < 1.29 is 28.6 Å². The molecule has 1 saturated heterocycles. The molecule has 0 unspecified atom stereocenters. The number of carboxylic acid groups (broad SMARTS) is 1. The fourth-order valence-electron chi connectivity index (χ4n) is 4.18. The smallest absolute Gasteiger partial charge is 0.409 e. The van der Waals surface area contributed by atoms with Crippen molar-refractivity contribution in [3.8, 4) is 17.1 Å². The number of nitrogens with zero attached hydrogens (tertiary/aromatic N) is 4. The number of aromatic nitrogens is 2. The Morgan fingerprint density at radius 1 is 1.35 bits per heavy atom. The van der Waals surface area contributed by atoms with E-state index in [2.05, 4.69) is 4.98 Å². The number of ether oxygens (including phenoxy) is 2. The molecular weight excluding hydrogens is 445 g/mol. The summed E-state index contributed by atoms with van der Waals surface area (Å²) < 4.78 is 26.5. The maximum Gasteiger partial charge on any atom is 0.409 e. The van der Waals surface area contributed by atoms with Crippen LogP contribution in [0.25, 0.3) is 11.3 Å². The zero-order chi connectivity index (χ0) is 24.6. The number of morpholine rings is 1. The lowest BCUT2D eigenvalue weighted by atomic mass is 10.0. The number of carbonyl (C=O) groups excluding carboxylic acids is 1. The van der Waals surface area contributed by atoms with Gasteiger partial charge in [-0.25, -0.2) is 14.2 Å². The summed E-state index contributed by atoms with van der Waals surface area (Å²) in [5.74, 6) is -0.611. The molecular formula is C23H28FN5O5. The number of nitrogens with one attached hydrogen (secondary N) is 1. The summed E-state index contributed by atoms with van der Waals surface area (Å²) in [7, 11) is 0. The Balaban J connectivity index is 1.92. The molecule has 4 rings (SSSR count). The van der Waals surface area contributed by atoms with Crippen molar-refractivity contribution in [2.24, 2.45) is 0 Å². The second kappa shape index (κ2) is 9.05. The molecule has 1 aromatic heterocycles. The molecule has 0 bridgehead atoms. The van der Waals surface area contributed by atoms with E-state index in [-0.39, 0.29) is 34.8 Å². The minimum Gasteiger partial charge on any atom is -0.469 e. The fraction of sp³-hybridized carbons (Fsp3) is 0.478. The van der Waals surface area contributed by atoms with Crippen molar-refractivity contribution in [1.29, 1.82) is 0 Å². The zero-order valence-corrected chi connectivity index (χ0v) is 19.6. The first-order valence-electron chi connectivity index (χ1n) is 11.1. The number of benzene rings is 1. The molecule has 0 saturated carbocycles. The summed E-state index contributed by atoms with van der Waals surface area (Å²) in [6.07, 6.45) is -1.38. The second-order valence-electron chi connectivity index (χ2n) is 8.98. The topological polar surface area (TPSA) is 117 Å². The molecule has 2 aromatic rings. The van der Waals surface area contributed by atoms with Gasteiger partial charge >= 0.3 is 6.09 Å². The predicted molar refractivity (Wildman–Crippen MR) is 123 cm³/mol. The van der Waals surface area contributed by atoms with E-state index in [1.165, 1.54) is 12.1 Å². The van der Waals surface area contributed by atoms with E-state index in [1.807, 2.05) is 37.9 Å². The maximum absolute atomic E-state index is 14.8. The van der Waals surface area contributed by atoms with Crippen LogP contribution in [0.5, 0.6) is 5.88 Å². The number of carbonyl (C=O) groups is 2. The molecule has 0 spiro atoms. The average Bonchev–Trinajstić information content (AvgIpc) is 2.87. The number of rotatable bonds is 4. The molecule has 182 valence electrons. The number of hydrogen-bond donors (Lipinski definition) is 2. The molecule has 10 nitrogen and oxygen atoms in total. The summed E-state index contributed by atoms with van der Waals surface area (Å²) in [5, 5.41) is 10.9. The van der Waals surface area contributed by atoms with E-state index >= 15 is 0 Å². The Hall–Kier alpha value is -3.47. The lowest BCUT2D eigenvalue weighted by Gasteiger charge is -2.34. The van der Waals surface area contributed by atoms with Gasteiger partial charge in [-0.1, -0.05) is 6.07 Å². The van der Waals surface area contributed by atoms with Crippen LogP contribution in [0, 0.1) is 5.82 Å². The summed E-state index contributed by atoms with van der Waals surface area (Å²) in [6.45, 7) is 9.94. The molecule has 0 radical (unpaired) electrons. The van der Waals surface area contributed by atoms with Crippen molar-refractivity contribution in [2.75, 3.05) is 43.1 Å². The van der Waals surface area contributed by atoms with Gasteiger partial charge in [-0.3, -0.25) is 10.1 Å². The van der Waals surface area contributed by atoms with Gasteiger partial charge in [0.25, 0.3) is 5.91 Å². The van der Waals surface area contributed by atoms with Gasteiger partial charge in [-0.2, -0.15) is 4.98 Å². The zero-order valence-electron chi connectivity index (χ0n) is 19.6. The Morgan fingerprint density at radius 3 is 2.76 bits per heavy atom. The molecule has 34 heavy (non-hydrogen) atoms. The Morgan fingerprint density at radius 2 is 2.12 bits per heavy atom. The number of anilines is 2. The van der Waals surface area contributed by atoms with Crippen LogP contribution in [-0.2, 0) is 4.74 Å². The number of fused-ring (bicyclic) bond motifs is 1. The molecule has 2 aliphatic heterocycles. The van der Waals surface area contributed by atoms with E-state index in [4.69, 9.17) is 19.6 Å². The number of amides is 2. The Bertz CT molecular complexity index is 1130. The van der Waals surface area contributed by atoms with Crippen molar-refractivity contribution >= 4 is 23.6 Å². The molecule has 3 heterocycles. The van der Waals surface area contributed by atoms with Gasteiger partial charge in [0.05, 0.1) is 37.2 Å². The summed E-state index contributed by atoms with van der Waals surface area (Å²) in [6, 6.07) is 3.96. The highest BCUT2D eigenvalue weighted by atomic mass is 19.1.